The van der Waals surface area contributed by atoms with Crippen LogP contribution in [0, 0.1) is 0 Å². The number of likely N-dealkylation sites (N-methyl/N-ethyl adjacent to an activating group) is 2. The third kappa shape index (κ3) is 11.5. The number of carboxylic acids is 1. The summed E-state index contributed by atoms with van der Waals surface area (Å²) < 4.78 is 59.4. The van der Waals surface area contributed by atoms with Gasteiger partial charge in [0, 0.05) is 78.3 Å². The van der Waals surface area contributed by atoms with Crippen molar-refractivity contribution in [2.75, 3.05) is 43.4 Å². The Kier molecular flexibility index (Phi) is 15.7. The second-order valence-electron chi connectivity index (χ2n) is 20.3. The lowest BCUT2D eigenvalue weighted by Crippen LogP contribution is -2.49. The molecule has 2 amide bonds. The Bertz CT molecular complexity index is 3770. The normalized spacial score (nSPS) is 21.4. The average Bonchev–Trinajstić information content (AvgIpc) is 3.88. The molecule has 5 aromatic rings. The number of amides is 2. The zero-order valence-electron chi connectivity index (χ0n) is 44.4. The van der Waals surface area contributed by atoms with E-state index in [9.17, 15) is 53.3 Å². The van der Waals surface area contributed by atoms with E-state index in [1.165, 1.54) is 23.0 Å². The number of aromatic carboxylic acids is 1. The number of aromatic nitrogens is 4. The molecule has 9 rings (SSSR count). The van der Waals surface area contributed by atoms with Gasteiger partial charge in [-0.2, -0.15) is 4.31 Å². The molecule has 4 aliphatic rings. The number of anilines is 2. The molecule has 2 aromatic heterocycles. The van der Waals surface area contributed by atoms with Crippen LogP contribution in [0.5, 0.6) is 11.5 Å². The number of rotatable bonds is 17. The molecule has 6 atom stereocenters. The summed E-state index contributed by atoms with van der Waals surface area (Å²) in [6, 6.07) is 12.5. The van der Waals surface area contributed by atoms with Crippen LogP contribution in [0.3, 0.4) is 0 Å². The highest BCUT2D eigenvalue weighted by Gasteiger charge is 2.50. The molecule has 0 saturated carbocycles. The maximum Gasteiger partial charge on any atom is 0.488 e. The second kappa shape index (κ2) is 21.6. The summed E-state index contributed by atoms with van der Waals surface area (Å²) in [6.45, 7) is 11.8. The van der Waals surface area contributed by atoms with Crippen LogP contribution in [0.15, 0.2) is 67.3 Å². The monoisotopic (exact) mass is 1180 g/mol. The Morgan fingerprint density at radius 3 is 2.27 bits per heavy atom. The molecule has 4 aliphatic heterocycles. The smallest absolute Gasteiger partial charge is 0.478 e. The van der Waals surface area contributed by atoms with Gasteiger partial charge in [-0.25, -0.2) is 42.6 Å². The minimum absolute atomic E-state index is 0.0109. The van der Waals surface area contributed by atoms with Gasteiger partial charge in [-0.1, -0.05) is 12.1 Å². The molecule has 6 heterocycles. The number of hydrogen-bond donors (Lipinski definition) is 9. The number of hydrogen-bond acceptors (Lipinski definition) is 18. The number of nitrogens with zero attached hydrogens (tertiary/aromatic N) is 6. The molecule has 1 fully saturated rings. The maximum atomic E-state index is 13.8. The van der Waals surface area contributed by atoms with E-state index in [0.29, 0.717) is 46.5 Å². The highest BCUT2D eigenvalue weighted by atomic mass is 32.5. The molecular weight excluding hydrogens is 1120 g/mol. The molecule has 3 aromatic carbocycles. The number of benzene rings is 3. The van der Waals surface area contributed by atoms with Gasteiger partial charge < -0.3 is 65.3 Å². The fourth-order valence-electron chi connectivity index (χ4n) is 10.9. The Morgan fingerprint density at radius 1 is 0.875 bits per heavy atom. The standard InChI is InChI=1S/C50H58N9O17P3S/c1-9-58-34-18-36-32(16-29(34)25(3)20-49(58,5)6)39(33-17-30-26(4)21-50(7,8)59(10-2)35(30)19-37(33)72-36)28-12-11-27(15-31(28)47(62)63)45(61)52-13-14-53-48(64)74-42-38(22-71-77(65,66)75-78(67,68)76-79(69,70)80)73-46(41(42)60)57-24-56-40-43(51)54-23-55-44(40)57/h11-12,15-21,23-24,38,41-42,46,60H,9-10,13-14,22H2,1-8H3,(H8-,51,52,53,54,55,61,62,63,64,65,66,67,68,69,70,80)/p+1/t38-,41-,42-,46-/m1/s1. The number of alkyl carbamates (subject to hydrolysis) is 1. The maximum absolute atomic E-state index is 13.8. The van der Waals surface area contributed by atoms with E-state index >= 15 is 0 Å². The molecule has 10 N–H and O–H groups in total. The zero-order valence-corrected chi connectivity index (χ0v) is 47.9. The number of phosphoric acid groups is 2. The number of aliphatic hydroxyl groups is 1. The van der Waals surface area contributed by atoms with Crippen molar-refractivity contribution in [2.45, 2.75) is 91.0 Å². The van der Waals surface area contributed by atoms with Crippen LogP contribution in [-0.4, -0.2) is 129 Å². The number of nitrogen functional groups attached to an aromatic ring is 1. The Labute approximate surface area is 462 Å². The second-order valence-corrected chi connectivity index (χ2v) is 26.1. The first-order valence-electron chi connectivity index (χ1n) is 24.9. The molecule has 30 heteroatoms. The third-order valence-corrected chi connectivity index (χ3v) is 18.4. The first-order valence-corrected chi connectivity index (χ1v) is 30.6. The average molecular weight is 1180 g/mol. The van der Waals surface area contributed by atoms with Crippen LogP contribution in [0.1, 0.15) is 105 Å². The number of carboxylic acid groups (broad SMARTS) is 1. The molecule has 426 valence electrons. The largest absolute Gasteiger partial charge is 0.488 e. The van der Waals surface area contributed by atoms with Crippen molar-refractivity contribution >= 4 is 91.5 Å². The Hall–Kier alpha value is -6.28. The summed E-state index contributed by atoms with van der Waals surface area (Å²) in [7, 11) is -11.3. The van der Waals surface area contributed by atoms with Crippen LogP contribution in [-0.2, 0) is 43.6 Å². The molecular formula is C50H59N9O17P3S+. The zero-order chi connectivity index (χ0) is 58.2. The number of carbonyl (C=O) groups is 3. The van der Waals surface area contributed by atoms with Crippen LogP contribution >= 0.6 is 22.4 Å². The minimum atomic E-state index is -5.72. The summed E-state index contributed by atoms with van der Waals surface area (Å²) >= 11 is 4.12. The van der Waals surface area contributed by atoms with Gasteiger partial charge in [-0.3, -0.25) is 13.9 Å². The number of ether oxygens (including phenoxy) is 3. The lowest BCUT2D eigenvalue weighted by atomic mass is 9.83. The van der Waals surface area contributed by atoms with Crippen molar-refractivity contribution in [3.8, 4) is 11.5 Å². The molecule has 26 nitrogen and oxygen atoms in total. The number of allylic oxidation sites excluding steroid dienone is 2. The summed E-state index contributed by atoms with van der Waals surface area (Å²) in [5.41, 5.74) is 11.9. The van der Waals surface area contributed by atoms with E-state index in [0.717, 1.165) is 39.6 Å². The van der Waals surface area contributed by atoms with Crippen LogP contribution in [0.2, 0.25) is 0 Å². The summed E-state index contributed by atoms with van der Waals surface area (Å²) in [5.74, 6) is -0.942. The molecule has 0 spiro atoms. The third-order valence-electron chi connectivity index (χ3n) is 14.0. The highest BCUT2D eigenvalue weighted by molar-refractivity contribution is 8.08. The van der Waals surface area contributed by atoms with Gasteiger partial charge >= 0.3 is 34.4 Å². The van der Waals surface area contributed by atoms with Crippen LogP contribution in [0.25, 0.3) is 27.9 Å². The van der Waals surface area contributed by atoms with E-state index in [2.05, 4.69) is 123 Å². The molecule has 80 heavy (non-hydrogen) atoms. The van der Waals surface area contributed by atoms with Gasteiger partial charge in [0.2, 0.25) is 5.36 Å². The van der Waals surface area contributed by atoms with Crippen molar-refractivity contribution in [1.29, 1.82) is 0 Å². The van der Waals surface area contributed by atoms with Crippen LogP contribution in [0.4, 0.5) is 16.3 Å². The number of imidazole rings is 1. The molecule has 0 aliphatic carbocycles. The van der Waals surface area contributed by atoms with E-state index in [1.54, 1.807) is 6.07 Å². The highest BCUT2D eigenvalue weighted by Crippen LogP contribution is 2.66. The predicted octanol–water partition coefficient (Wildman–Crippen LogP) is 4.43. The topological polar surface area (TPSA) is 362 Å². The van der Waals surface area contributed by atoms with Gasteiger partial charge in [-0.15, -0.1) is 0 Å². The van der Waals surface area contributed by atoms with E-state index in [4.69, 9.17) is 24.5 Å². The Morgan fingerprint density at radius 2 is 1.59 bits per heavy atom. The van der Waals surface area contributed by atoms with Gasteiger partial charge in [-0.05, 0) is 100 Å². The number of nitrogens with two attached hydrogens (primary N) is 1. The van der Waals surface area contributed by atoms with Crippen molar-refractivity contribution in [1.82, 2.24) is 34.7 Å². The van der Waals surface area contributed by atoms with Crippen molar-refractivity contribution in [3.05, 3.63) is 111 Å². The van der Waals surface area contributed by atoms with Crippen molar-refractivity contribution in [2.24, 2.45) is 0 Å². The van der Waals surface area contributed by atoms with E-state index in [1.807, 2.05) is 24.3 Å². The predicted molar refractivity (Wildman–Crippen MR) is 294 cm³/mol. The van der Waals surface area contributed by atoms with E-state index in [-0.39, 0.29) is 52.3 Å². The number of nitrogens with one attached hydrogen (secondary N) is 2. The van der Waals surface area contributed by atoms with Gasteiger partial charge in [0.25, 0.3) is 5.91 Å². The number of aliphatic hydroxyl groups excluding tert-OH is 1. The first-order chi connectivity index (χ1) is 37.4. The summed E-state index contributed by atoms with van der Waals surface area (Å²) in [5, 5.41) is 29.1. The molecule has 0 radical (unpaired) electrons. The Balaban J connectivity index is 0.961. The van der Waals surface area contributed by atoms with Crippen LogP contribution < -0.4 is 41.2 Å². The van der Waals surface area contributed by atoms with E-state index < -0.39 is 71.5 Å². The van der Waals surface area contributed by atoms with Gasteiger partial charge in [0.1, 0.15) is 42.1 Å². The van der Waals surface area contributed by atoms with Crippen molar-refractivity contribution in [3.63, 3.8) is 0 Å². The molecule has 0 bridgehead atoms. The lowest BCUT2D eigenvalue weighted by molar-refractivity contribution is -0.0508. The number of phosphoric ester groups is 1. The lowest BCUT2D eigenvalue weighted by Gasteiger charge is -2.43. The fraction of sp³-hybridized carbons (Fsp3) is 0.380. The molecule has 2 unspecified atom stereocenters. The van der Waals surface area contributed by atoms with Crippen molar-refractivity contribution < 1.29 is 80.7 Å². The fourth-order valence-corrected chi connectivity index (χ4v) is 14.7. The number of carbonyl (C=O) groups excluding carboxylic acids is 2. The first kappa shape index (κ1) is 58.4. The van der Waals surface area contributed by atoms with Gasteiger partial charge in [0.15, 0.2) is 29.3 Å². The summed E-state index contributed by atoms with van der Waals surface area (Å²) in [6.07, 6.45) is -1.18. The SMILES string of the molecule is CCN1c2cc3c(cc2C(C)=CC1(C)C)C(c1ccc(C(=O)NCCNC(=O)O[C@H]2[C@@H](O)[C@H](n4cnc5c(N)ncnc54)O[C@@H]2COP(=O)(O)OP(=O)(O)OP(O)(O)=S)cc1C(=O)O)=c1cc2c(cc1O3)=[N+](CC)C(C)(C)C=C2C. The minimum Gasteiger partial charge on any atom is -0.478 e. The van der Waals surface area contributed by atoms with Gasteiger partial charge in [0.05, 0.1) is 30.1 Å². The summed E-state index contributed by atoms with van der Waals surface area (Å²) in [4.78, 5) is 93.4. The quantitative estimate of drug-likeness (QED) is 0.0346. The number of fused-ring (bicyclic) bond motifs is 5. The molecule has 1 saturated heterocycles.